The first-order valence-electron chi connectivity index (χ1n) is 4.07. The van der Waals surface area contributed by atoms with Crippen LogP contribution in [0.1, 0.15) is 5.69 Å². The number of nitrogens with one attached hydrogen (secondary N) is 1. The SMILES string of the molecule is OC1(c2ccccn2)C=CC=CN1. The van der Waals surface area contributed by atoms with E-state index in [1.807, 2.05) is 18.2 Å². The van der Waals surface area contributed by atoms with Gasteiger partial charge < -0.3 is 10.4 Å². The lowest BCUT2D eigenvalue weighted by Crippen LogP contribution is -2.38. The Labute approximate surface area is 76.4 Å². The van der Waals surface area contributed by atoms with E-state index in [0.717, 1.165) is 0 Å². The molecule has 2 rings (SSSR count). The van der Waals surface area contributed by atoms with Crippen molar-refractivity contribution in [3.63, 3.8) is 0 Å². The summed E-state index contributed by atoms with van der Waals surface area (Å²) in [4.78, 5) is 4.08. The maximum absolute atomic E-state index is 10.0. The van der Waals surface area contributed by atoms with Crippen LogP contribution in [0.15, 0.2) is 48.8 Å². The number of hydrogen-bond donors (Lipinski definition) is 2. The number of allylic oxidation sites excluding steroid dienone is 2. The fourth-order valence-electron chi connectivity index (χ4n) is 1.22. The molecular formula is C10H10N2O. The molecule has 0 aliphatic carbocycles. The van der Waals surface area contributed by atoms with Crippen molar-refractivity contribution in [2.24, 2.45) is 0 Å². The van der Waals surface area contributed by atoms with Crippen molar-refractivity contribution in [2.75, 3.05) is 0 Å². The third-order valence-corrected chi connectivity index (χ3v) is 1.90. The molecule has 0 radical (unpaired) electrons. The lowest BCUT2D eigenvalue weighted by atomic mass is 10.1. The topological polar surface area (TPSA) is 45.2 Å². The van der Waals surface area contributed by atoms with E-state index in [0.29, 0.717) is 5.69 Å². The maximum atomic E-state index is 10.0. The van der Waals surface area contributed by atoms with Gasteiger partial charge in [-0.15, -0.1) is 0 Å². The van der Waals surface area contributed by atoms with Gasteiger partial charge in [0, 0.05) is 6.20 Å². The standard InChI is InChI=1S/C10H10N2O/c13-10(6-2-4-8-12-10)9-5-1-3-7-11-9/h1-8,12-13H. The molecule has 1 aliphatic heterocycles. The maximum Gasteiger partial charge on any atom is 0.199 e. The summed E-state index contributed by atoms with van der Waals surface area (Å²) >= 11 is 0. The van der Waals surface area contributed by atoms with Gasteiger partial charge in [0.2, 0.25) is 0 Å². The van der Waals surface area contributed by atoms with Crippen LogP contribution in [0.4, 0.5) is 0 Å². The first-order chi connectivity index (χ1) is 6.31. The molecule has 0 aromatic carbocycles. The lowest BCUT2D eigenvalue weighted by Gasteiger charge is -2.25. The lowest BCUT2D eigenvalue weighted by molar-refractivity contribution is 0.0607. The third-order valence-electron chi connectivity index (χ3n) is 1.90. The van der Waals surface area contributed by atoms with Crippen molar-refractivity contribution in [2.45, 2.75) is 5.72 Å². The Morgan fingerprint density at radius 3 is 2.85 bits per heavy atom. The minimum Gasteiger partial charge on any atom is -0.363 e. The van der Waals surface area contributed by atoms with Gasteiger partial charge in [-0.1, -0.05) is 12.1 Å². The summed E-state index contributed by atoms with van der Waals surface area (Å²) in [6.45, 7) is 0. The molecule has 0 fully saturated rings. The Morgan fingerprint density at radius 2 is 2.23 bits per heavy atom. The molecule has 0 saturated heterocycles. The van der Waals surface area contributed by atoms with Crippen LogP contribution in [-0.2, 0) is 5.72 Å². The number of rotatable bonds is 1. The summed E-state index contributed by atoms with van der Waals surface area (Å²) in [5, 5.41) is 12.9. The average Bonchev–Trinajstić information content (AvgIpc) is 2.20. The number of aromatic nitrogens is 1. The van der Waals surface area contributed by atoms with Crippen molar-refractivity contribution in [1.82, 2.24) is 10.3 Å². The Kier molecular flexibility index (Phi) is 1.87. The highest BCUT2D eigenvalue weighted by Crippen LogP contribution is 2.18. The Hall–Kier alpha value is -1.61. The van der Waals surface area contributed by atoms with Crippen molar-refractivity contribution in [3.8, 4) is 0 Å². The van der Waals surface area contributed by atoms with Crippen LogP contribution < -0.4 is 5.32 Å². The van der Waals surface area contributed by atoms with Crippen LogP contribution in [0.25, 0.3) is 0 Å². The van der Waals surface area contributed by atoms with Gasteiger partial charge in [0.25, 0.3) is 0 Å². The molecule has 1 atom stereocenters. The molecular weight excluding hydrogens is 164 g/mol. The summed E-state index contributed by atoms with van der Waals surface area (Å²) in [6, 6.07) is 5.43. The summed E-state index contributed by atoms with van der Waals surface area (Å²) in [7, 11) is 0. The van der Waals surface area contributed by atoms with E-state index in [9.17, 15) is 5.11 Å². The van der Waals surface area contributed by atoms with E-state index >= 15 is 0 Å². The fourth-order valence-corrected chi connectivity index (χ4v) is 1.22. The predicted octanol–water partition coefficient (Wildman–Crippen LogP) is 0.900. The largest absolute Gasteiger partial charge is 0.363 e. The number of pyridine rings is 1. The van der Waals surface area contributed by atoms with Crippen LogP contribution >= 0.6 is 0 Å². The molecule has 3 heteroatoms. The second kappa shape index (κ2) is 3.03. The molecule has 0 bridgehead atoms. The van der Waals surface area contributed by atoms with E-state index in [4.69, 9.17) is 0 Å². The fraction of sp³-hybridized carbons (Fsp3) is 0.100. The van der Waals surface area contributed by atoms with E-state index in [1.54, 1.807) is 30.6 Å². The molecule has 0 spiro atoms. The van der Waals surface area contributed by atoms with E-state index in [2.05, 4.69) is 10.3 Å². The molecule has 2 N–H and O–H groups in total. The number of nitrogens with zero attached hydrogens (tertiary/aromatic N) is 1. The predicted molar refractivity (Wildman–Crippen MR) is 49.5 cm³/mol. The van der Waals surface area contributed by atoms with Crippen LogP contribution in [0.2, 0.25) is 0 Å². The number of hydrogen-bond acceptors (Lipinski definition) is 3. The van der Waals surface area contributed by atoms with Gasteiger partial charge in [-0.2, -0.15) is 0 Å². The van der Waals surface area contributed by atoms with Gasteiger partial charge in [-0.25, -0.2) is 0 Å². The Bertz CT molecular complexity index is 345. The molecule has 3 nitrogen and oxygen atoms in total. The normalized spacial score (nSPS) is 25.6. The van der Waals surface area contributed by atoms with Gasteiger partial charge in [0.05, 0.1) is 5.69 Å². The first-order valence-corrected chi connectivity index (χ1v) is 4.07. The number of dihydropyridines is 1. The van der Waals surface area contributed by atoms with E-state index in [-0.39, 0.29) is 0 Å². The van der Waals surface area contributed by atoms with E-state index < -0.39 is 5.72 Å². The van der Waals surface area contributed by atoms with Gasteiger partial charge in [-0.05, 0) is 30.5 Å². The molecule has 1 aromatic rings. The smallest absolute Gasteiger partial charge is 0.199 e. The van der Waals surface area contributed by atoms with Gasteiger partial charge in [-0.3, -0.25) is 4.98 Å². The second-order valence-corrected chi connectivity index (χ2v) is 2.84. The highest BCUT2D eigenvalue weighted by atomic mass is 16.3. The Morgan fingerprint density at radius 1 is 1.31 bits per heavy atom. The summed E-state index contributed by atoms with van der Waals surface area (Å²) < 4.78 is 0. The molecule has 1 aromatic heterocycles. The molecule has 0 saturated carbocycles. The monoisotopic (exact) mass is 174 g/mol. The van der Waals surface area contributed by atoms with Crippen molar-refractivity contribution >= 4 is 0 Å². The quantitative estimate of drug-likeness (QED) is 0.665. The second-order valence-electron chi connectivity index (χ2n) is 2.84. The van der Waals surface area contributed by atoms with Crippen molar-refractivity contribution in [1.29, 1.82) is 0 Å². The number of aliphatic hydroxyl groups is 1. The minimum atomic E-state index is -1.16. The Balaban J connectivity index is 2.35. The first kappa shape index (κ1) is 8.01. The average molecular weight is 174 g/mol. The molecule has 0 amide bonds. The summed E-state index contributed by atoms with van der Waals surface area (Å²) in [5.41, 5.74) is -0.564. The van der Waals surface area contributed by atoms with Crippen LogP contribution in [0.3, 0.4) is 0 Å². The van der Waals surface area contributed by atoms with Gasteiger partial charge >= 0.3 is 0 Å². The van der Waals surface area contributed by atoms with Gasteiger partial charge in [0.15, 0.2) is 5.72 Å². The zero-order chi connectivity index (χ0) is 9.15. The molecule has 66 valence electrons. The van der Waals surface area contributed by atoms with Crippen molar-refractivity contribution < 1.29 is 5.11 Å². The van der Waals surface area contributed by atoms with Crippen LogP contribution in [-0.4, -0.2) is 10.1 Å². The third kappa shape index (κ3) is 1.46. The molecule has 2 heterocycles. The summed E-state index contributed by atoms with van der Waals surface area (Å²) in [5.74, 6) is 0. The highest BCUT2D eigenvalue weighted by molar-refractivity contribution is 5.25. The summed E-state index contributed by atoms with van der Waals surface area (Å²) in [6.07, 6.45) is 8.60. The molecule has 1 aliphatic rings. The zero-order valence-electron chi connectivity index (χ0n) is 7.01. The minimum absolute atomic E-state index is 0.593. The zero-order valence-corrected chi connectivity index (χ0v) is 7.01. The molecule has 1 unspecified atom stereocenters. The van der Waals surface area contributed by atoms with E-state index in [1.165, 1.54) is 0 Å². The van der Waals surface area contributed by atoms with Crippen LogP contribution in [0, 0.1) is 0 Å². The highest BCUT2D eigenvalue weighted by Gasteiger charge is 2.26. The van der Waals surface area contributed by atoms with Crippen LogP contribution in [0.5, 0.6) is 0 Å². The van der Waals surface area contributed by atoms with Gasteiger partial charge in [0.1, 0.15) is 0 Å². The molecule has 13 heavy (non-hydrogen) atoms. The van der Waals surface area contributed by atoms with Crippen molar-refractivity contribution in [3.05, 3.63) is 54.5 Å².